The number of hydrogen-bond donors (Lipinski definition) is 1. The maximum Gasteiger partial charge on any atom is 0.405 e. The van der Waals surface area contributed by atoms with Crippen molar-refractivity contribution in [2.45, 2.75) is 6.18 Å². The molecule has 0 fully saturated rings. The minimum atomic E-state index is -4.52. The molecular formula is C8H5BrF5N. The molecule has 0 aliphatic heterocycles. The fraction of sp³-hybridized carbons (Fsp3) is 0.250. The summed E-state index contributed by atoms with van der Waals surface area (Å²) in [6, 6.07) is 1.75. The van der Waals surface area contributed by atoms with Crippen LogP contribution in [0.1, 0.15) is 0 Å². The second-order valence-corrected chi connectivity index (χ2v) is 3.63. The Balaban J connectivity index is 2.86. The van der Waals surface area contributed by atoms with Gasteiger partial charge >= 0.3 is 6.18 Å². The summed E-state index contributed by atoms with van der Waals surface area (Å²) < 4.78 is 61.4. The Kier molecular flexibility index (Phi) is 3.54. The molecule has 0 bridgehead atoms. The van der Waals surface area contributed by atoms with Crippen LogP contribution in [-0.2, 0) is 0 Å². The average molecular weight is 290 g/mol. The summed E-state index contributed by atoms with van der Waals surface area (Å²) in [5.74, 6) is -2.16. The maximum absolute atomic E-state index is 13.0. The second kappa shape index (κ2) is 4.34. The highest BCUT2D eigenvalue weighted by Crippen LogP contribution is 2.25. The number of anilines is 1. The molecule has 1 N–H and O–H groups in total. The van der Waals surface area contributed by atoms with Gasteiger partial charge in [0.1, 0.15) is 23.9 Å². The zero-order chi connectivity index (χ0) is 11.6. The van der Waals surface area contributed by atoms with E-state index in [1.165, 1.54) is 0 Å². The van der Waals surface area contributed by atoms with Crippen molar-refractivity contribution in [1.82, 2.24) is 0 Å². The van der Waals surface area contributed by atoms with Crippen LogP contribution in [0.4, 0.5) is 27.6 Å². The largest absolute Gasteiger partial charge is 0.405 e. The van der Waals surface area contributed by atoms with E-state index in [9.17, 15) is 22.0 Å². The number of benzene rings is 1. The molecule has 0 amide bonds. The average Bonchev–Trinajstić information content (AvgIpc) is 1.99. The minimum absolute atomic E-state index is 0.120. The number of alkyl halides is 3. The Morgan fingerprint density at radius 1 is 1.13 bits per heavy atom. The summed E-state index contributed by atoms with van der Waals surface area (Å²) in [7, 11) is 0. The molecule has 0 radical (unpaired) electrons. The van der Waals surface area contributed by atoms with Crippen LogP contribution in [0, 0.1) is 11.6 Å². The molecule has 0 aromatic heterocycles. The van der Waals surface area contributed by atoms with Crippen molar-refractivity contribution < 1.29 is 22.0 Å². The lowest BCUT2D eigenvalue weighted by molar-refractivity contribution is -0.115. The molecule has 1 aromatic rings. The van der Waals surface area contributed by atoms with Crippen molar-refractivity contribution in [2.75, 3.05) is 11.9 Å². The van der Waals surface area contributed by atoms with Crippen molar-refractivity contribution in [2.24, 2.45) is 0 Å². The molecule has 0 atom stereocenters. The molecule has 0 spiro atoms. The van der Waals surface area contributed by atoms with E-state index in [0.29, 0.717) is 0 Å². The van der Waals surface area contributed by atoms with E-state index in [-0.39, 0.29) is 4.47 Å². The van der Waals surface area contributed by atoms with Crippen LogP contribution >= 0.6 is 15.9 Å². The Labute approximate surface area is 90.4 Å². The Morgan fingerprint density at radius 2 is 1.60 bits per heavy atom. The normalized spacial score (nSPS) is 11.6. The molecule has 84 valence electrons. The zero-order valence-electron chi connectivity index (χ0n) is 7.13. The first-order chi connectivity index (χ1) is 6.79. The van der Waals surface area contributed by atoms with Crippen LogP contribution in [0.5, 0.6) is 0 Å². The molecule has 1 rings (SSSR count). The van der Waals surface area contributed by atoms with Crippen molar-refractivity contribution in [3.05, 3.63) is 28.2 Å². The van der Waals surface area contributed by atoms with Crippen molar-refractivity contribution in [3.8, 4) is 0 Å². The molecule has 0 unspecified atom stereocenters. The van der Waals surface area contributed by atoms with Crippen molar-refractivity contribution in [3.63, 3.8) is 0 Å². The fourth-order valence-corrected chi connectivity index (χ4v) is 1.30. The van der Waals surface area contributed by atoms with Crippen molar-refractivity contribution >= 4 is 21.6 Å². The lowest BCUT2D eigenvalue weighted by Gasteiger charge is -2.11. The number of hydrogen-bond acceptors (Lipinski definition) is 1. The molecule has 1 nitrogen and oxygen atoms in total. The van der Waals surface area contributed by atoms with Gasteiger partial charge in [0.25, 0.3) is 0 Å². The van der Waals surface area contributed by atoms with Gasteiger partial charge < -0.3 is 5.32 Å². The van der Waals surface area contributed by atoms with Crippen LogP contribution in [-0.4, -0.2) is 12.7 Å². The quantitative estimate of drug-likeness (QED) is 0.819. The van der Waals surface area contributed by atoms with E-state index in [4.69, 9.17) is 0 Å². The number of nitrogens with one attached hydrogen (secondary N) is 1. The molecule has 15 heavy (non-hydrogen) atoms. The van der Waals surface area contributed by atoms with E-state index in [2.05, 4.69) is 15.9 Å². The summed E-state index contributed by atoms with van der Waals surface area (Å²) >= 11 is 2.81. The molecule has 1 aromatic carbocycles. The van der Waals surface area contributed by atoms with Gasteiger partial charge in [-0.05, 0) is 12.1 Å². The standard InChI is InChI=1S/C8H5BrF5N/c9-4-1-5(10)7(6(11)2-4)15-3-8(12,13)14/h1-2,15H,3H2. The molecule has 0 saturated heterocycles. The molecule has 7 heteroatoms. The number of halogens is 6. The van der Waals surface area contributed by atoms with Crippen LogP contribution < -0.4 is 5.32 Å². The predicted molar refractivity (Wildman–Crippen MR) is 48.6 cm³/mol. The number of rotatable bonds is 2. The Morgan fingerprint density at radius 3 is 2.00 bits per heavy atom. The van der Waals surface area contributed by atoms with E-state index >= 15 is 0 Å². The van der Waals surface area contributed by atoms with Gasteiger partial charge in [0.2, 0.25) is 0 Å². The Bertz CT molecular complexity index is 340. The molecule has 0 aliphatic carbocycles. The topological polar surface area (TPSA) is 12.0 Å². The van der Waals surface area contributed by atoms with Gasteiger partial charge in [0.15, 0.2) is 0 Å². The summed E-state index contributed by atoms with van der Waals surface area (Å²) in [6.07, 6.45) is -4.52. The van der Waals surface area contributed by atoms with Gasteiger partial charge in [-0.25, -0.2) is 8.78 Å². The SMILES string of the molecule is Fc1cc(Br)cc(F)c1NCC(F)(F)F. The van der Waals surface area contributed by atoms with Gasteiger partial charge in [-0.1, -0.05) is 15.9 Å². The Hall–Kier alpha value is -0.850. The summed E-state index contributed by atoms with van der Waals surface area (Å²) in [5.41, 5.74) is -0.782. The summed E-state index contributed by atoms with van der Waals surface area (Å²) in [4.78, 5) is 0. The lowest BCUT2D eigenvalue weighted by atomic mass is 10.3. The fourth-order valence-electron chi connectivity index (χ4n) is 0.900. The molecule has 0 heterocycles. The first-order valence-corrected chi connectivity index (χ1v) is 4.54. The second-order valence-electron chi connectivity index (χ2n) is 2.71. The van der Waals surface area contributed by atoms with E-state index in [1.807, 2.05) is 0 Å². The summed E-state index contributed by atoms with van der Waals surface area (Å²) in [5, 5.41) is 1.65. The van der Waals surface area contributed by atoms with Crippen LogP contribution in [0.2, 0.25) is 0 Å². The van der Waals surface area contributed by atoms with Gasteiger partial charge in [-0.2, -0.15) is 13.2 Å². The molecule has 0 saturated carbocycles. The van der Waals surface area contributed by atoms with Crippen LogP contribution in [0.3, 0.4) is 0 Å². The maximum atomic E-state index is 13.0. The highest BCUT2D eigenvalue weighted by molar-refractivity contribution is 9.10. The highest BCUT2D eigenvalue weighted by atomic mass is 79.9. The van der Waals surface area contributed by atoms with Gasteiger partial charge in [0, 0.05) is 4.47 Å². The van der Waals surface area contributed by atoms with Gasteiger partial charge in [-0.3, -0.25) is 0 Å². The minimum Gasteiger partial charge on any atom is -0.372 e. The molecule has 0 aliphatic rings. The monoisotopic (exact) mass is 289 g/mol. The van der Waals surface area contributed by atoms with E-state index in [0.717, 1.165) is 12.1 Å². The first kappa shape index (κ1) is 12.2. The third kappa shape index (κ3) is 3.65. The van der Waals surface area contributed by atoms with Gasteiger partial charge in [0.05, 0.1) is 0 Å². The summed E-state index contributed by atoms with van der Waals surface area (Å²) in [6.45, 7) is -1.48. The highest BCUT2D eigenvalue weighted by Gasteiger charge is 2.27. The first-order valence-electron chi connectivity index (χ1n) is 3.75. The van der Waals surface area contributed by atoms with Gasteiger partial charge in [-0.15, -0.1) is 0 Å². The zero-order valence-corrected chi connectivity index (χ0v) is 8.72. The van der Waals surface area contributed by atoms with E-state index < -0.39 is 30.0 Å². The lowest BCUT2D eigenvalue weighted by Crippen LogP contribution is -2.22. The third-order valence-electron chi connectivity index (χ3n) is 1.47. The van der Waals surface area contributed by atoms with Crippen LogP contribution in [0.15, 0.2) is 16.6 Å². The predicted octanol–water partition coefficient (Wildman–Crippen LogP) is 3.70. The smallest absolute Gasteiger partial charge is 0.372 e. The van der Waals surface area contributed by atoms with Crippen molar-refractivity contribution in [1.29, 1.82) is 0 Å². The van der Waals surface area contributed by atoms with Crippen LogP contribution in [0.25, 0.3) is 0 Å². The third-order valence-corrected chi connectivity index (χ3v) is 1.93. The van der Waals surface area contributed by atoms with E-state index in [1.54, 1.807) is 5.32 Å². The molecular weight excluding hydrogens is 285 g/mol.